The second kappa shape index (κ2) is 48.4. The normalized spacial score (nSPS) is 13.7. The molecule has 0 spiro atoms. The van der Waals surface area contributed by atoms with E-state index in [1.807, 2.05) is 21.1 Å². The molecule has 67 heavy (non-hydrogen) atoms. The van der Waals surface area contributed by atoms with Gasteiger partial charge >= 0.3 is 17.9 Å². The molecular weight excluding hydrogens is 839 g/mol. The highest BCUT2D eigenvalue weighted by Crippen LogP contribution is 2.13. The standard InChI is InChI=1S/C58H95NO8/c1-6-8-10-12-14-16-17-18-19-20-21-22-23-24-25-26-27-28-29-30-31-32-33-34-35-36-37-38-39-41-43-45-47-49-56(61)67-54(53-66-58(57(62)63)64-51-50-59(3,4)5)52-65-55(60)48-46-44-42-40-15-13-11-9-7-2/h8,10,14,16,18-19,21-22,24-25,27-28,30-31,33-34,36-37,54,58H,6-7,9,11-13,15,17,20,23,26,29,32,35,38-53H2,1-5H3/p+1/b10-8-,16-14-,19-18-,22-21-,25-24-,28-27-,31-30-,34-33-,37-36-. The van der Waals surface area contributed by atoms with Gasteiger partial charge in [-0.15, -0.1) is 0 Å². The Morgan fingerprint density at radius 3 is 1.27 bits per heavy atom. The Kier molecular flexibility index (Phi) is 45.5. The van der Waals surface area contributed by atoms with Gasteiger partial charge in [-0.1, -0.05) is 194 Å². The SMILES string of the molecule is CC/C=C\C/C=C\C/C=C\C/C=C\C/C=C\C/C=C\C/C=C\C/C=C\C/C=C\CCCCCCCC(=O)OC(COC(=O)CCCCCCCCCCC)COC(OCC[N+](C)(C)C)C(=O)O. The van der Waals surface area contributed by atoms with E-state index in [1.165, 1.54) is 38.5 Å². The molecule has 0 aromatic carbocycles. The molecular formula is C58H96NO8+. The number of carboxylic acid groups (broad SMARTS) is 1. The number of allylic oxidation sites excluding steroid dienone is 18. The summed E-state index contributed by atoms with van der Waals surface area (Å²) in [4.78, 5) is 37.1. The number of aliphatic carboxylic acids is 1. The van der Waals surface area contributed by atoms with Gasteiger partial charge in [0, 0.05) is 12.8 Å². The summed E-state index contributed by atoms with van der Waals surface area (Å²) in [6.45, 7) is 4.68. The number of ether oxygens (including phenoxy) is 4. The molecule has 0 aliphatic rings. The lowest BCUT2D eigenvalue weighted by Crippen LogP contribution is -2.40. The van der Waals surface area contributed by atoms with E-state index in [0.29, 0.717) is 23.9 Å². The molecule has 9 nitrogen and oxygen atoms in total. The van der Waals surface area contributed by atoms with Crippen LogP contribution in [0.5, 0.6) is 0 Å². The largest absolute Gasteiger partial charge is 0.477 e. The number of likely N-dealkylation sites (N-methyl/N-ethyl adjacent to an activating group) is 1. The van der Waals surface area contributed by atoms with Gasteiger partial charge in [0.25, 0.3) is 6.29 Å². The Labute approximate surface area is 409 Å². The maximum Gasteiger partial charge on any atom is 0.361 e. The number of quaternary nitrogens is 1. The van der Waals surface area contributed by atoms with Crippen LogP contribution in [0.4, 0.5) is 0 Å². The second-order valence-electron chi connectivity index (χ2n) is 18.1. The highest BCUT2D eigenvalue weighted by molar-refractivity contribution is 5.71. The topological polar surface area (TPSA) is 108 Å². The summed E-state index contributed by atoms with van der Waals surface area (Å²) in [7, 11) is 5.94. The molecule has 2 unspecified atom stereocenters. The Morgan fingerprint density at radius 2 is 0.851 bits per heavy atom. The molecule has 0 saturated carbocycles. The highest BCUT2D eigenvalue weighted by Gasteiger charge is 2.25. The third-order valence-electron chi connectivity index (χ3n) is 10.5. The maximum absolute atomic E-state index is 12.8. The van der Waals surface area contributed by atoms with E-state index in [0.717, 1.165) is 109 Å². The average molecular weight is 935 g/mol. The predicted octanol–water partition coefficient (Wildman–Crippen LogP) is 14.8. The number of hydrogen-bond donors (Lipinski definition) is 1. The van der Waals surface area contributed by atoms with Gasteiger partial charge in [-0.25, -0.2) is 4.79 Å². The minimum Gasteiger partial charge on any atom is -0.477 e. The van der Waals surface area contributed by atoms with E-state index in [4.69, 9.17) is 18.9 Å². The van der Waals surface area contributed by atoms with Crippen LogP contribution < -0.4 is 0 Å². The minimum atomic E-state index is -1.52. The van der Waals surface area contributed by atoms with Crippen molar-refractivity contribution in [3.05, 3.63) is 109 Å². The van der Waals surface area contributed by atoms with Crippen LogP contribution in [0, 0.1) is 0 Å². The van der Waals surface area contributed by atoms with Gasteiger partial charge in [0.2, 0.25) is 0 Å². The van der Waals surface area contributed by atoms with Gasteiger partial charge in [0.05, 0.1) is 34.4 Å². The molecule has 0 bridgehead atoms. The monoisotopic (exact) mass is 935 g/mol. The van der Waals surface area contributed by atoms with E-state index in [1.54, 1.807) is 0 Å². The Balaban J connectivity index is 4.26. The van der Waals surface area contributed by atoms with Crippen molar-refractivity contribution >= 4 is 17.9 Å². The fourth-order valence-electron chi connectivity index (χ4n) is 6.53. The summed E-state index contributed by atoms with van der Waals surface area (Å²) in [5.74, 6) is -2.05. The van der Waals surface area contributed by atoms with Crippen LogP contribution in [-0.4, -0.2) is 87.4 Å². The molecule has 0 rings (SSSR count). The minimum absolute atomic E-state index is 0.179. The van der Waals surface area contributed by atoms with Gasteiger partial charge < -0.3 is 28.5 Å². The summed E-state index contributed by atoms with van der Waals surface area (Å²) in [6.07, 6.45) is 63.2. The smallest absolute Gasteiger partial charge is 0.361 e. The Hall–Kier alpha value is -4.05. The summed E-state index contributed by atoms with van der Waals surface area (Å²) in [5.41, 5.74) is 0. The summed E-state index contributed by atoms with van der Waals surface area (Å²) in [6, 6.07) is 0. The van der Waals surface area contributed by atoms with E-state index in [9.17, 15) is 19.5 Å². The molecule has 0 radical (unpaired) electrons. The highest BCUT2D eigenvalue weighted by atomic mass is 16.7. The molecule has 0 aliphatic carbocycles. The van der Waals surface area contributed by atoms with Crippen molar-refractivity contribution in [2.45, 2.75) is 193 Å². The number of rotatable bonds is 46. The van der Waals surface area contributed by atoms with Crippen LogP contribution in [-0.2, 0) is 33.3 Å². The Bertz CT molecular complexity index is 1460. The zero-order chi connectivity index (χ0) is 49.2. The number of esters is 2. The van der Waals surface area contributed by atoms with Crippen LogP contribution in [0.15, 0.2) is 109 Å². The molecule has 2 atom stereocenters. The number of hydrogen-bond acceptors (Lipinski definition) is 7. The molecule has 0 saturated heterocycles. The fourth-order valence-corrected chi connectivity index (χ4v) is 6.53. The van der Waals surface area contributed by atoms with Crippen molar-refractivity contribution in [2.24, 2.45) is 0 Å². The molecule has 0 amide bonds. The zero-order valence-electron chi connectivity index (χ0n) is 43.0. The summed E-state index contributed by atoms with van der Waals surface area (Å²) >= 11 is 0. The van der Waals surface area contributed by atoms with Crippen molar-refractivity contribution in [2.75, 3.05) is 47.5 Å². The second-order valence-corrected chi connectivity index (χ2v) is 18.1. The van der Waals surface area contributed by atoms with Gasteiger partial charge in [0.15, 0.2) is 6.10 Å². The fraction of sp³-hybridized carbons (Fsp3) is 0.638. The first kappa shape index (κ1) is 63.0. The van der Waals surface area contributed by atoms with Crippen molar-refractivity contribution in [3.8, 4) is 0 Å². The molecule has 1 N–H and O–H groups in total. The van der Waals surface area contributed by atoms with E-state index in [-0.39, 0.29) is 32.2 Å². The van der Waals surface area contributed by atoms with Gasteiger partial charge in [0.1, 0.15) is 13.2 Å². The van der Waals surface area contributed by atoms with E-state index in [2.05, 4.69) is 123 Å². The average Bonchev–Trinajstić information content (AvgIpc) is 3.29. The maximum atomic E-state index is 12.8. The number of carbonyl (C=O) groups excluding carboxylic acids is 2. The zero-order valence-corrected chi connectivity index (χ0v) is 43.0. The number of carboxylic acids is 1. The molecule has 0 aromatic heterocycles. The third kappa shape index (κ3) is 49.7. The van der Waals surface area contributed by atoms with Crippen LogP contribution in [0.2, 0.25) is 0 Å². The molecule has 0 fully saturated rings. The van der Waals surface area contributed by atoms with Crippen molar-refractivity contribution in [1.29, 1.82) is 0 Å². The van der Waals surface area contributed by atoms with Crippen LogP contribution in [0.3, 0.4) is 0 Å². The number of carbonyl (C=O) groups is 3. The van der Waals surface area contributed by atoms with Crippen molar-refractivity contribution in [3.63, 3.8) is 0 Å². The van der Waals surface area contributed by atoms with Crippen molar-refractivity contribution < 1.29 is 42.9 Å². The summed E-state index contributed by atoms with van der Waals surface area (Å²) in [5, 5.41) is 9.64. The van der Waals surface area contributed by atoms with Crippen molar-refractivity contribution in [1.82, 2.24) is 0 Å². The first-order chi connectivity index (χ1) is 32.6. The lowest BCUT2D eigenvalue weighted by molar-refractivity contribution is -0.870. The van der Waals surface area contributed by atoms with Gasteiger partial charge in [-0.05, 0) is 83.5 Å². The van der Waals surface area contributed by atoms with E-state index < -0.39 is 24.3 Å². The lowest BCUT2D eigenvalue weighted by Gasteiger charge is -2.25. The van der Waals surface area contributed by atoms with Gasteiger partial charge in [-0.3, -0.25) is 9.59 Å². The van der Waals surface area contributed by atoms with Crippen LogP contribution in [0.1, 0.15) is 181 Å². The molecule has 0 aromatic rings. The molecule has 0 heterocycles. The molecule has 380 valence electrons. The number of nitrogens with zero attached hydrogens (tertiary/aromatic N) is 1. The van der Waals surface area contributed by atoms with Crippen LogP contribution >= 0.6 is 0 Å². The number of unbranched alkanes of at least 4 members (excludes halogenated alkanes) is 13. The lowest BCUT2D eigenvalue weighted by atomic mass is 10.1. The van der Waals surface area contributed by atoms with Gasteiger partial charge in [-0.2, -0.15) is 0 Å². The quantitative estimate of drug-likeness (QED) is 0.0211. The summed E-state index contributed by atoms with van der Waals surface area (Å²) < 4.78 is 22.7. The third-order valence-corrected chi connectivity index (χ3v) is 10.5. The first-order valence-corrected chi connectivity index (χ1v) is 26.1. The molecule has 0 aliphatic heterocycles. The Morgan fingerprint density at radius 1 is 0.463 bits per heavy atom. The first-order valence-electron chi connectivity index (χ1n) is 26.1. The molecule has 9 heteroatoms. The van der Waals surface area contributed by atoms with E-state index >= 15 is 0 Å². The predicted molar refractivity (Wildman–Crippen MR) is 281 cm³/mol. The van der Waals surface area contributed by atoms with Crippen LogP contribution in [0.25, 0.3) is 0 Å².